The van der Waals surface area contributed by atoms with Gasteiger partial charge in [0.1, 0.15) is 17.0 Å². The third kappa shape index (κ3) is 3.89. The third-order valence-corrected chi connectivity index (χ3v) is 4.57. The van der Waals surface area contributed by atoms with Crippen LogP contribution in [0.2, 0.25) is 0 Å². The largest absolute Gasteiger partial charge is 0.484 e. The molecule has 0 unspecified atom stereocenters. The van der Waals surface area contributed by atoms with Gasteiger partial charge in [-0.2, -0.15) is 0 Å². The van der Waals surface area contributed by atoms with Gasteiger partial charge in [-0.15, -0.1) is 0 Å². The molecule has 3 aromatic rings. The molecule has 0 fully saturated rings. The van der Waals surface area contributed by atoms with Crippen LogP contribution in [-0.4, -0.2) is 26.6 Å². The van der Waals surface area contributed by atoms with E-state index < -0.39 is 23.0 Å². The van der Waals surface area contributed by atoms with Crippen molar-refractivity contribution in [3.63, 3.8) is 0 Å². The topological polar surface area (TPSA) is 95.2 Å². The molecule has 2 aromatic heterocycles. The number of pyridine rings is 1. The minimum absolute atomic E-state index is 0.0397. The molecule has 1 amide bonds. The fraction of sp³-hybridized carbons (Fsp3) is 0.300. The minimum Gasteiger partial charge on any atom is -0.484 e. The molecule has 0 saturated heterocycles. The van der Waals surface area contributed by atoms with Crippen LogP contribution in [0.3, 0.4) is 0 Å². The van der Waals surface area contributed by atoms with Crippen molar-refractivity contribution in [3.05, 3.63) is 62.7 Å². The summed E-state index contributed by atoms with van der Waals surface area (Å²) in [5, 5.41) is 2.87. The lowest BCUT2D eigenvalue weighted by molar-refractivity contribution is -0.118. The molecule has 0 aliphatic heterocycles. The van der Waals surface area contributed by atoms with E-state index in [0.29, 0.717) is 17.0 Å². The maximum Gasteiger partial charge on any atom is 0.332 e. The van der Waals surface area contributed by atoms with Gasteiger partial charge in [0.15, 0.2) is 12.3 Å². The highest BCUT2D eigenvalue weighted by Crippen LogP contribution is 2.28. The number of aryl methyl sites for hydroxylation is 1. The van der Waals surface area contributed by atoms with Crippen LogP contribution in [0.4, 0.5) is 10.1 Å². The lowest BCUT2D eigenvalue weighted by Crippen LogP contribution is -2.38. The molecule has 0 saturated carbocycles. The fourth-order valence-corrected chi connectivity index (χ4v) is 2.97. The molecule has 0 aliphatic rings. The van der Waals surface area contributed by atoms with Crippen LogP contribution >= 0.6 is 0 Å². The van der Waals surface area contributed by atoms with E-state index in [1.165, 1.54) is 42.9 Å². The summed E-state index contributed by atoms with van der Waals surface area (Å²) in [6, 6.07) is 5.28. The van der Waals surface area contributed by atoms with Crippen molar-refractivity contribution < 1.29 is 13.9 Å². The summed E-state index contributed by atoms with van der Waals surface area (Å²) in [5.41, 5.74) is 0.0756. The molecule has 0 bridgehead atoms. The summed E-state index contributed by atoms with van der Waals surface area (Å²) in [7, 11) is 2.88. The number of rotatable bonds is 5. The molecule has 0 radical (unpaired) electrons. The minimum atomic E-state index is -0.548. The Morgan fingerprint density at radius 1 is 1.17 bits per heavy atom. The Morgan fingerprint density at radius 2 is 1.83 bits per heavy atom. The Balaban J connectivity index is 2.01. The highest BCUT2D eigenvalue weighted by molar-refractivity contribution is 6.01. The number of fused-ring (bicyclic) bond motifs is 1. The molecule has 9 heteroatoms. The molecule has 152 valence electrons. The van der Waals surface area contributed by atoms with Crippen molar-refractivity contribution in [1.82, 2.24) is 14.1 Å². The molecule has 1 N–H and O–H groups in total. The number of anilines is 1. The van der Waals surface area contributed by atoms with Crippen molar-refractivity contribution >= 4 is 22.6 Å². The number of ether oxygens (including phenoxy) is 1. The van der Waals surface area contributed by atoms with Crippen molar-refractivity contribution in [2.24, 2.45) is 14.1 Å². The average Bonchev–Trinajstić information content (AvgIpc) is 2.69. The van der Waals surface area contributed by atoms with Gasteiger partial charge in [0.05, 0.1) is 5.69 Å². The molecule has 3 rings (SSSR count). The molecule has 0 spiro atoms. The van der Waals surface area contributed by atoms with Gasteiger partial charge in [0.2, 0.25) is 0 Å². The van der Waals surface area contributed by atoms with Gasteiger partial charge < -0.3 is 10.1 Å². The van der Waals surface area contributed by atoms with E-state index in [-0.39, 0.29) is 23.6 Å². The molecule has 1 aromatic carbocycles. The van der Waals surface area contributed by atoms with E-state index in [1.54, 1.807) is 6.20 Å². The summed E-state index contributed by atoms with van der Waals surface area (Å²) >= 11 is 0. The van der Waals surface area contributed by atoms with Crippen LogP contribution in [0, 0.1) is 5.82 Å². The van der Waals surface area contributed by atoms with E-state index in [9.17, 15) is 18.8 Å². The molecule has 29 heavy (non-hydrogen) atoms. The van der Waals surface area contributed by atoms with Gasteiger partial charge in [0.25, 0.3) is 11.5 Å². The van der Waals surface area contributed by atoms with Crippen molar-refractivity contribution in [2.75, 3.05) is 11.9 Å². The highest BCUT2D eigenvalue weighted by Gasteiger charge is 2.20. The monoisotopic (exact) mass is 400 g/mol. The van der Waals surface area contributed by atoms with Crippen LogP contribution in [0.5, 0.6) is 5.75 Å². The number of aromatic nitrogens is 3. The zero-order chi connectivity index (χ0) is 21.3. The van der Waals surface area contributed by atoms with E-state index >= 15 is 0 Å². The molecule has 8 nitrogen and oxygen atoms in total. The first kappa shape index (κ1) is 20.2. The van der Waals surface area contributed by atoms with E-state index in [0.717, 1.165) is 4.57 Å². The number of amides is 1. The number of nitrogens with one attached hydrogen (secondary N) is 1. The zero-order valence-corrected chi connectivity index (χ0v) is 16.5. The second-order valence-electron chi connectivity index (χ2n) is 6.94. The van der Waals surface area contributed by atoms with E-state index in [2.05, 4.69) is 10.3 Å². The Hall–Kier alpha value is -3.49. The first-order chi connectivity index (χ1) is 13.7. The predicted molar refractivity (Wildman–Crippen MR) is 107 cm³/mol. The molecule has 0 aliphatic carbocycles. The number of carbonyl (C=O) groups excluding carboxylic acids is 1. The summed E-state index contributed by atoms with van der Waals surface area (Å²) in [4.78, 5) is 41.7. The number of hydrogen-bond donors (Lipinski definition) is 1. The van der Waals surface area contributed by atoms with E-state index in [4.69, 9.17) is 4.74 Å². The number of hydrogen-bond acceptors (Lipinski definition) is 5. The third-order valence-electron chi connectivity index (χ3n) is 4.57. The molecule has 2 heterocycles. The van der Waals surface area contributed by atoms with Crippen molar-refractivity contribution in [2.45, 2.75) is 19.8 Å². The van der Waals surface area contributed by atoms with Crippen LogP contribution in [-0.2, 0) is 18.9 Å². The first-order valence-corrected chi connectivity index (χ1v) is 8.97. The molecular formula is C20H21FN4O4. The number of carbonyl (C=O) groups is 1. The normalized spacial score (nSPS) is 11.1. The van der Waals surface area contributed by atoms with Gasteiger partial charge in [-0.25, -0.2) is 14.2 Å². The maximum absolute atomic E-state index is 13.0. The van der Waals surface area contributed by atoms with Crippen LogP contribution in [0.1, 0.15) is 25.3 Å². The zero-order valence-electron chi connectivity index (χ0n) is 16.5. The van der Waals surface area contributed by atoms with Crippen molar-refractivity contribution in [1.29, 1.82) is 0 Å². The molecular weight excluding hydrogens is 379 g/mol. The summed E-state index contributed by atoms with van der Waals surface area (Å²) < 4.78 is 20.6. The van der Waals surface area contributed by atoms with Crippen LogP contribution in [0.15, 0.2) is 40.1 Å². The first-order valence-electron chi connectivity index (χ1n) is 8.97. The fourth-order valence-electron chi connectivity index (χ4n) is 2.97. The Kier molecular flexibility index (Phi) is 5.49. The predicted octanol–water partition coefficient (Wildman–Crippen LogP) is 1.91. The Morgan fingerprint density at radius 3 is 2.45 bits per heavy atom. The average molecular weight is 400 g/mol. The van der Waals surface area contributed by atoms with Gasteiger partial charge in [0, 0.05) is 20.3 Å². The van der Waals surface area contributed by atoms with Crippen LogP contribution < -0.4 is 21.3 Å². The lowest BCUT2D eigenvalue weighted by atomic mass is 10.0. The highest BCUT2D eigenvalue weighted by atomic mass is 19.1. The second-order valence-corrected chi connectivity index (χ2v) is 6.94. The number of halogens is 1. The van der Waals surface area contributed by atoms with E-state index in [1.807, 2.05) is 13.8 Å². The quantitative estimate of drug-likeness (QED) is 0.706. The number of benzene rings is 1. The van der Waals surface area contributed by atoms with Gasteiger partial charge in [-0.05, 0) is 35.7 Å². The van der Waals surface area contributed by atoms with Crippen molar-refractivity contribution in [3.8, 4) is 5.75 Å². The Bertz CT molecular complexity index is 1200. The summed E-state index contributed by atoms with van der Waals surface area (Å²) in [6.07, 6.45) is 1.54. The number of nitrogens with zero attached hydrogens (tertiary/aromatic N) is 3. The van der Waals surface area contributed by atoms with Gasteiger partial charge >= 0.3 is 5.69 Å². The van der Waals surface area contributed by atoms with Crippen LogP contribution in [0.25, 0.3) is 11.0 Å². The van der Waals surface area contributed by atoms with Gasteiger partial charge in [-0.1, -0.05) is 13.8 Å². The lowest BCUT2D eigenvalue weighted by Gasteiger charge is -2.17. The van der Waals surface area contributed by atoms with Gasteiger partial charge in [-0.3, -0.25) is 18.7 Å². The Labute approximate surface area is 165 Å². The SMILES string of the molecule is CC(C)c1cnc2c(c1NC(=O)COc1ccc(F)cc1)c(=O)n(C)c(=O)n2C. The summed E-state index contributed by atoms with van der Waals surface area (Å²) in [5.74, 6) is -0.613. The second kappa shape index (κ2) is 7.86. The molecule has 0 atom stereocenters. The smallest absolute Gasteiger partial charge is 0.332 e. The summed E-state index contributed by atoms with van der Waals surface area (Å²) in [6.45, 7) is 3.47. The maximum atomic E-state index is 13.0. The standard InChI is InChI=1S/C20H21FN4O4/c1-11(2)14-9-22-18-16(19(27)25(4)20(28)24(18)3)17(14)23-15(26)10-29-13-7-5-12(21)6-8-13/h5-9,11H,10H2,1-4H3,(H,22,23,26).